The van der Waals surface area contributed by atoms with Crippen molar-refractivity contribution in [2.24, 2.45) is 0 Å². The van der Waals surface area contributed by atoms with Crippen LogP contribution in [0.1, 0.15) is 5.56 Å². The molecule has 0 saturated carbocycles. The smallest absolute Gasteiger partial charge is 0.243 e. The lowest BCUT2D eigenvalue weighted by atomic mass is 10.1. The minimum atomic E-state index is 0.545. The second-order valence-electron chi connectivity index (χ2n) is 4.61. The highest BCUT2D eigenvalue weighted by atomic mass is 16.5. The van der Waals surface area contributed by atoms with Crippen molar-refractivity contribution in [3.8, 4) is 5.75 Å². The summed E-state index contributed by atoms with van der Waals surface area (Å²) in [6.07, 6.45) is 0.834. The molecule has 0 aliphatic heterocycles. The van der Waals surface area contributed by atoms with Crippen molar-refractivity contribution < 1.29 is 4.74 Å². The highest BCUT2D eigenvalue weighted by molar-refractivity contribution is 5.74. The van der Waals surface area contributed by atoms with E-state index >= 15 is 0 Å². The van der Waals surface area contributed by atoms with Gasteiger partial charge in [-0.1, -0.05) is 30.3 Å². The molecule has 3 rings (SSSR count). The molecule has 0 aliphatic rings. The topological polar surface area (TPSA) is 59.9 Å². The average molecular weight is 280 g/mol. The molecule has 21 heavy (non-hydrogen) atoms. The summed E-state index contributed by atoms with van der Waals surface area (Å²) in [5, 5.41) is 11.4. The molecular formula is C16H16N4O. The SMILES string of the molecule is COc1ccccc1CCNc1nnc2ccccc2n1. The first-order chi connectivity index (χ1) is 10.4. The highest BCUT2D eigenvalue weighted by Crippen LogP contribution is 2.17. The van der Waals surface area contributed by atoms with Crippen molar-refractivity contribution in [2.45, 2.75) is 6.42 Å². The normalized spacial score (nSPS) is 10.5. The Labute approximate surface area is 123 Å². The zero-order valence-electron chi connectivity index (χ0n) is 11.8. The molecule has 0 fully saturated rings. The van der Waals surface area contributed by atoms with Crippen LogP contribution in [0.2, 0.25) is 0 Å². The molecule has 0 spiro atoms. The first kappa shape index (κ1) is 13.3. The number of aromatic nitrogens is 3. The van der Waals surface area contributed by atoms with Gasteiger partial charge in [-0.05, 0) is 30.2 Å². The van der Waals surface area contributed by atoms with Gasteiger partial charge in [0.2, 0.25) is 5.95 Å². The largest absolute Gasteiger partial charge is 0.496 e. The minimum absolute atomic E-state index is 0.545. The van der Waals surface area contributed by atoms with E-state index in [0.29, 0.717) is 5.95 Å². The van der Waals surface area contributed by atoms with Gasteiger partial charge < -0.3 is 10.1 Å². The number of anilines is 1. The maximum atomic E-state index is 5.33. The molecule has 2 aromatic carbocycles. The Morgan fingerprint density at radius 3 is 2.57 bits per heavy atom. The second kappa shape index (κ2) is 6.17. The van der Waals surface area contributed by atoms with Crippen LogP contribution in [-0.2, 0) is 6.42 Å². The number of nitrogens with zero attached hydrogens (tertiary/aromatic N) is 3. The van der Waals surface area contributed by atoms with Crippen LogP contribution in [0.15, 0.2) is 48.5 Å². The summed E-state index contributed by atoms with van der Waals surface area (Å²) in [6, 6.07) is 15.7. The third kappa shape index (κ3) is 3.08. The van der Waals surface area contributed by atoms with Crippen molar-refractivity contribution in [1.29, 1.82) is 0 Å². The molecule has 0 unspecified atom stereocenters. The van der Waals surface area contributed by atoms with Gasteiger partial charge in [0.05, 0.1) is 12.6 Å². The van der Waals surface area contributed by atoms with E-state index in [-0.39, 0.29) is 0 Å². The molecule has 0 atom stereocenters. The second-order valence-corrected chi connectivity index (χ2v) is 4.61. The summed E-state index contributed by atoms with van der Waals surface area (Å²) in [7, 11) is 1.68. The number of rotatable bonds is 5. The number of para-hydroxylation sites is 2. The minimum Gasteiger partial charge on any atom is -0.496 e. The van der Waals surface area contributed by atoms with Gasteiger partial charge in [-0.3, -0.25) is 0 Å². The number of ether oxygens (including phenoxy) is 1. The van der Waals surface area contributed by atoms with Gasteiger partial charge in [0.25, 0.3) is 0 Å². The zero-order valence-corrected chi connectivity index (χ0v) is 11.8. The summed E-state index contributed by atoms with van der Waals surface area (Å²) in [5.74, 6) is 1.44. The first-order valence-corrected chi connectivity index (χ1v) is 6.82. The Morgan fingerprint density at radius 1 is 0.952 bits per heavy atom. The molecule has 106 valence electrons. The average Bonchev–Trinajstić information content (AvgIpc) is 2.55. The van der Waals surface area contributed by atoms with Crippen molar-refractivity contribution >= 4 is 17.0 Å². The lowest BCUT2D eigenvalue weighted by molar-refractivity contribution is 0.410. The van der Waals surface area contributed by atoms with E-state index in [9.17, 15) is 0 Å². The summed E-state index contributed by atoms with van der Waals surface area (Å²) in [6.45, 7) is 0.723. The van der Waals surface area contributed by atoms with Crippen LogP contribution in [0.25, 0.3) is 11.0 Å². The van der Waals surface area contributed by atoms with Crippen molar-refractivity contribution in [1.82, 2.24) is 15.2 Å². The van der Waals surface area contributed by atoms with Crippen LogP contribution in [-0.4, -0.2) is 28.8 Å². The fourth-order valence-electron chi connectivity index (χ4n) is 2.17. The predicted molar refractivity (Wildman–Crippen MR) is 82.5 cm³/mol. The maximum Gasteiger partial charge on any atom is 0.243 e. The molecule has 0 saturated heterocycles. The number of fused-ring (bicyclic) bond motifs is 1. The molecule has 5 heteroatoms. The monoisotopic (exact) mass is 280 g/mol. The Balaban J connectivity index is 1.66. The van der Waals surface area contributed by atoms with Crippen LogP contribution in [0, 0.1) is 0 Å². The Morgan fingerprint density at radius 2 is 1.71 bits per heavy atom. The predicted octanol–water partition coefficient (Wildman–Crippen LogP) is 2.69. The third-order valence-corrected chi connectivity index (χ3v) is 3.23. The van der Waals surface area contributed by atoms with Gasteiger partial charge in [0.1, 0.15) is 11.3 Å². The lowest BCUT2D eigenvalue weighted by Gasteiger charge is -2.08. The number of nitrogens with one attached hydrogen (secondary N) is 1. The summed E-state index contributed by atoms with van der Waals surface area (Å²) < 4.78 is 5.33. The molecule has 0 amide bonds. The molecule has 5 nitrogen and oxygen atoms in total. The molecule has 0 radical (unpaired) electrons. The quantitative estimate of drug-likeness (QED) is 0.778. The molecule has 1 N–H and O–H groups in total. The molecule has 1 heterocycles. The number of methoxy groups -OCH3 is 1. The van der Waals surface area contributed by atoms with Crippen LogP contribution in [0.3, 0.4) is 0 Å². The van der Waals surface area contributed by atoms with Gasteiger partial charge in [-0.25, -0.2) is 4.98 Å². The first-order valence-electron chi connectivity index (χ1n) is 6.82. The van der Waals surface area contributed by atoms with Gasteiger partial charge in [0, 0.05) is 6.54 Å². The Hall–Kier alpha value is -2.69. The molecule has 3 aromatic rings. The molecule has 0 bridgehead atoms. The molecule has 1 aromatic heterocycles. The number of benzene rings is 2. The van der Waals surface area contributed by atoms with E-state index in [1.54, 1.807) is 7.11 Å². The van der Waals surface area contributed by atoms with Gasteiger partial charge in [-0.2, -0.15) is 0 Å². The zero-order chi connectivity index (χ0) is 14.5. The van der Waals surface area contributed by atoms with E-state index in [1.807, 2.05) is 42.5 Å². The summed E-state index contributed by atoms with van der Waals surface area (Å²) >= 11 is 0. The highest BCUT2D eigenvalue weighted by Gasteiger charge is 2.03. The fourth-order valence-corrected chi connectivity index (χ4v) is 2.17. The van der Waals surface area contributed by atoms with Gasteiger partial charge in [-0.15, -0.1) is 10.2 Å². The van der Waals surface area contributed by atoms with E-state index in [4.69, 9.17) is 4.74 Å². The lowest BCUT2D eigenvalue weighted by Crippen LogP contribution is -2.09. The van der Waals surface area contributed by atoms with E-state index in [0.717, 1.165) is 35.3 Å². The summed E-state index contributed by atoms with van der Waals surface area (Å²) in [4.78, 5) is 4.43. The van der Waals surface area contributed by atoms with Crippen LogP contribution >= 0.6 is 0 Å². The van der Waals surface area contributed by atoms with E-state index in [1.165, 1.54) is 0 Å². The standard InChI is InChI=1S/C16H16N4O/c1-21-15-9-5-2-6-12(15)10-11-17-16-18-13-7-3-4-8-14(13)19-20-16/h2-9H,10-11H2,1H3,(H,17,18,20). The third-order valence-electron chi connectivity index (χ3n) is 3.23. The molecule has 0 aliphatic carbocycles. The van der Waals surface area contributed by atoms with Crippen LogP contribution in [0.4, 0.5) is 5.95 Å². The van der Waals surface area contributed by atoms with Crippen molar-refractivity contribution in [3.63, 3.8) is 0 Å². The number of hydrogen-bond donors (Lipinski definition) is 1. The van der Waals surface area contributed by atoms with E-state index < -0.39 is 0 Å². The molecular weight excluding hydrogens is 264 g/mol. The maximum absolute atomic E-state index is 5.33. The van der Waals surface area contributed by atoms with Crippen LogP contribution < -0.4 is 10.1 Å². The van der Waals surface area contributed by atoms with E-state index in [2.05, 4.69) is 26.6 Å². The number of hydrogen-bond acceptors (Lipinski definition) is 5. The van der Waals surface area contributed by atoms with Crippen molar-refractivity contribution in [2.75, 3.05) is 19.0 Å². The van der Waals surface area contributed by atoms with Gasteiger partial charge >= 0.3 is 0 Å². The Kier molecular flexibility index (Phi) is 3.91. The van der Waals surface area contributed by atoms with Gasteiger partial charge in [0.15, 0.2) is 0 Å². The van der Waals surface area contributed by atoms with Crippen LogP contribution in [0.5, 0.6) is 5.75 Å². The fraction of sp³-hybridized carbons (Fsp3) is 0.188. The summed E-state index contributed by atoms with van der Waals surface area (Å²) in [5.41, 5.74) is 2.79. The van der Waals surface area contributed by atoms with Crippen molar-refractivity contribution in [3.05, 3.63) is 54.1 Å². The Bertz CT molecular complexity index is 745.